The molecule has 144 valence electrons. The predicted octanol–water partition coefficient (Wildman–Crippen LogP) is 3.23. The quantitative estimate of drug-likeness (QED) is 0.761. The second kappa shape index (κ2) is 9.27. The zero-order chi connectivity index (χ0) is 18.0. The summed E-state index contributed by atoms with van der Waals surface area (Å²) >= 11 is 12.2. The molecule has 2 aliphatic heterocycles. The molecule has 0 spiro atoms. The van der Waals surface area contributed by atoms with Gasteiger partial charge in [-0.3, -0.25) is 9.59 Å². The number of piperidine rings is 1. The maximum atomic E-state index is 12.8. The third kappa shape index (κ3) is 4.45. The molecule has 1 N–H and O–H groups in total. The van der Waals surface area contributed by atoms with Crippen LogP contribution in [0.25, 0.3) is 0 Å². The Morgan fingerprint density at radius 3 is 2.54 bits per heavy atom. The first-order chi connectivity index (χ1) is 12.0. The van der Waals surface area contributed by atoms with Gasteiger partial charge in [0.05, 0.1) is 10.7 Å². The van der Waals surface area contributed by atoms with Crippen LogP contribution in [-0.2, 0) is 9.59 Å². The van der Waals surface area contributed by atoms with E-state index < -0.39 is 5.92 Å². The standard InChI is InChI=1S/C18H23Cl2N3O2.ClH/c1-21-11-12-4-7-22(8-5-12)17(24)14-6-9-23(18(14)25)16-10-13(19)2-3-15(16)20;/h2-3,10,12,14,21H,4-9,11H2,1H3;1H. The average Bonchev–Trinajstić information content (AvgIpc) is 2.99. The van der Waals surface area contributed by atoms with Gasteiger partial charge in [-0.2, -0.15) is 0 Å². The van der Waals surface area contributed by atoms with Gasteiger partial charge in [0.1, 0.15) is 5.92 Å². The van der Waals surface area contributed by atoms with Crippen LogP contribution in [0.15, 0.2) is 18.2 Å². The Morgan fingerprint density at radius 1 is 1.19 bits per heavy atom. The lowest BCUT2D eigenvalue weighted by molar-refractivity contribution is -0.141. The summed E-state index contributed by atoms with van der Waals surface area (Å²) in [5.74, 6) is -0.217. The number of anilines is 1. The third-order valence-electron chi connectivity index (χ3n) is 5.12. The predicted molar refractivity (Wildman–Crippen MR) is 107 cm³/mol. The molecule has 0 aromatic heterocycles. The van der Waals surface area contributed by atoms with Crippen molar-refractivity contribution in [1.82, 2.24) is 10.2 Å². The van der Waals surface area contributed by atoms with E-state index in [9.17, 15) is 9.59 Å². The molecular weight excluding hydrogens is 397 g/mol. The molecule has 1 unspecified atom stereocenters. The average molecular weight is 421 g/mol. The Hall–Kier alpha value is -1.01. The van der Waals surface area contributed by atoms with E-state index >= 15 is 0 Å². The van der Waals surface area contributed by atoms with Crippen molar-refractivity contribution in [2.45, 2.75) is 19.3 Å². The van der Waals surface area contributed by atoms with Crippen LogP contribution < -0.4 is 10.2 Å². The first-order valence-corrected chi connectivity index (χ1v) is 9.46. The molecule has 26 heavy (non-hydrogen) atoms. The number of hydrogen-bond acceptors (Lipinski definition) is 3. The number of hydrogen-bond donors (Lipinski definition) is 1. The van der Waals surface area contributed by atoms with Crippen LogP contribution in [0.5, 0.6) is 0 Å². The SMILES string of the molecule is CNCC1CCN(C(=O)C2CCN(c3cc(Cl)ccc3Cl)C2=O)CC1.Cl. The van der Waals surface area contributed by atoms with Gasteiger partial charge in [0.15, 0.2) is 0 Å². The topological polar surface area (TPSA) is 52.7 Å². The van der Waals surface area contributed by atoms with E-state index in [1.807, 2.05) is 11.9 Å². The summed E-state index contributed by atoms with van der Waals surface area (Å²) in [7, 11) is 1.95. The summed E-state index contributed by atoms with van der Waals surface area (Å²) in [6, 6.07) is 5.04. The van der Waals surface area contributed by atoms with E-state index in [4.69, 9.17) is 23.2 Å². The van der Waals surface area contributed by atoms with Gasteiger partial charge < -0.3 is 15.1 Å². The van der Waals surface area contributed by atoms with Crippen molar-refractivity contribution in [1.29, 1.82) is 0 Å². The second-order valence-corrected chi connectivity index (χ2v) is 7.60. The molecule has 5 nitrogen and oxygen atoms in total. The maximum Gasteiger partial charge on any atom is 0.239 e. The van der Waals surface area contributed by atoms with Gasteiger partial charge in [-0.15, -0.1) is 12.4 Å². The van der Waals surface area contributed by atoms with Crippen molar-refractivity contribution in [3.05, 3.63) is 28.2 Å². The monoisotopic (exact) mass is 419 g/mol. The van der Waals surface area contributed by atoms with E-state index in [2.05, 4.69) is 5.32 Å². The maximum absolute atomic E-state index is 12.8. The summed E-state index contributed by atoms with van der Waals surface area (Å²) in [5.41, 5.74) is 0.585. The highest BCUT2D eigenvalue weighted by molar-refractivity contribution is 6.36. The lowest BCUT2D eigenvalue weighted by Gasteiger charge is -2.33. The van der Waals surface area contributed by atoms with E-state index in [1.54, 1.807) is 23.1 Å². The number of benzene rings is 1. The van der Waals surface area contributed by atoms with E-state index in [-0.39, 0.29) is 24.2 Å². The highest BCUT2D eigenvalue weighted by Gasteiger charge is 2.40. The van der Waals surface area contributed by atoms with Crippen molar-refractivity contribution in [2.75, 3.05) is 38.1 Å². The largest absolute Gasteiger partial charge is 0.342 e. The fraction of sp³-hybridized carbons (Fsp3) is 0.556. The molecule has 2 heterocycles. The minimum atomic E-state index is -0.601. The Labute approximate surface area is 170 Å². The fourth-order valence-corrected chi connectivity index (χ4v) is 4.09. The van der Waals surface area contributed by atoms with Crippen molar-refractivity contribution < 1.29 is 9.59 Å². The molecule has 1 aromatic rings. The van der Waals surface area contributed by atoms with Crippen LogP contribution in [0, 0.1) is 11.8 Å². The summed E-state index contributed by atoms with van der Waals surface area (Å²) in [6.07, 6.45) is 2.49. The van der Waals surface area contributed by atoms with Gasteiger partial charge in [-0.05, 0) is 57.0 Å². The smallest absolute Gasteiger partial charge is 0.239 e. The number of rotatable bonds is 4. The van der Waals surface area contributed by atoms with Crippen molar-refractivity contribution in [3.63, 3.8) is 0 Å². The Bertz CT molecular complexity index is 663. The molecule has 8 heteroatoms. The summed E-state index contributed by atoms with van der Waals surface area (Å²) in [4.78, 5) is 29.0. The molecule has 2 saturated heterocycles. The molecule has 2 amide bonds. The minimum Gasteiger partial charge on any atom is -0.342 e. The first-order valence-electron chi connectivity index (χ1n) is 8.71. The number of halogens is 3. The normalized spacial score (nSPS) is 21.0. The number of nitrogens with one attached hydrogen (secondary N) is 1. The second-order valence-electron chi connectivity index (χ2n) is 6.75. The zero-order valence-corrected chi connectivity index (χ0v) is 17.0. The zero-order valence-electron chi connectivity index (χ0n) is 14.7. The Balaban J connectivity index is 0.00000243. The molecule has 0 saturated carbocycles. The summed E-state index contributed by atoms with van der Waals surface area (Å²) < 4.78 is 0. The summed E-state index contributed by atoms with van der Waals surface area (Å²) in [6.45, 7) is 2.93. The van der Waals surface area contributed by atoms with Crippen LogP contribution >= 0.6 is 35.6 Å². The molecule has 1 aromatic carbocycles. The summed E-state index contributed by atoms with van der Waals surface area (Å²) in [5, 5.41) is 4.18. The molecule has 1 atom stereocenters. The number of carbonyl (C=O) groups excluding carboxylic acids is 2. The van der Waals surface area contributed by atoms with Crippen LogP contribution in [0.1, 0.15) is 19.3 Å². The van der Waals surface area contributed by atoms with Crippen LogP contribution in [-0.4, -0.2) is 49.9 Å². The molecule has 2 aliphatic rings. The number of likely N-dealkylation sites (tertiary alicyclic amines) is 1. The molecule has 0 radical (unpaired) electrons. The number of nitrogens with zero attached hydrogens (tertiary/aromatic N) is 2. The van der Waals surface area contributed by atoms with E-state index in [0.29, 0.717) is 34.6 Å². The number of carbonyl (C=O) groups is 2. The van der Waals surface area contributed by atoms with Gasteiger partial charge in [0.25, 0.3) is 0 Å². The Morgan fingerprint density at radius 2 is 1.88 bits per heavy atom. The molecule has 2 fully saturated rings. The fourth-order valence-electron chi connectivity index (χ4n) is 3.71. The molecule has 3 rings (SSSR count). The first kappa shape index (κ1) is 21.3. The highest BCUT2D eigenvalue weighted by atomic mass is 35.5. The van der Waals surface area contributed by atoms with Crippen LogP contribution in [0.4, 0.5) is 5.69 Å². The molecular formula is C18H24Cl3N3O2. The molecule has 0 aliphatic carbocycles. The van der Waals surface area contributed by atoms with Gasteiger partial charge >= 0.3 is 0 Å². The number of amides is 2. The van der Waals surface area contributed by atoms with Crippen molar-refractivity contribution in [2.24, 2.45) is 11.8 Å². The Kier molecular flexibility index (Phi) is 7.59. The molecule has 0 bridgehead atoms. The van der Waals surface area contributed by atoms with E-state index in [1.165, 1.54) is 0 Å². The van der Waals surface area contributed by atoms with Gasteiger partial charge in [-0.1, -0.05) is 23.2 Å². The highest BCUT2D eigenvalue weighted by Crippen LogP contribution is 2.34. The third-order valence-corrected chi connectivity index (χ3v) is 5.68. The van der Waals surface area contributed by atoms with Gasteiger partial charge in [0, 0.05) is 24.7 Å². The van der Waals surface area contributed by atoms with Crippen LogP contribution in [0.3, 0.4) is 0 Å². The van der Waals surface area contributed by atoms with Gasteiger partial charge in [0.2, 0.25) is 11.8 Å². The van der Waals surface area contributed by atoms with Gasteiger partial charge in [-0.25, -0.2) is 0 Å². The van der Waals surface area contributed by atoms with Crippen LogP contribution in [0.2, 0.25) is 10.0 Å². The lowest BCUT2D eigenvalue weighted by atomic mass is 9.95. The van der Waals surface area contributed by atoms with Crippen molar-refractivity contribution >= 4 is 53.1 Å². The minimum absolute atomic E-state index is 0. The lowest BCUT2D eigenvalue weighted by Crippen LogP contribution is -2.45. The van der Waals surface area contributed by atoms with E-state index in [0.717, 1.165) is 32.5 Å². The van der Waals surface area contributed by atoms with Crippen molar-refractivity contribution in [3.8, 4) is 0 Å².